The van der Waals surface area contributed by atoms with E-state index < -0.39 is 72.1 Å². The largest absolute Gasteiger partial charge is 0.307 e. The molecule has 0 heterocycles. The van der Waals surface area contributed by atoms with Gasteiger partial charge >= 0.3 is 0 Å². The van der Waals surface area contributed by atoms with Crippen LogP contribution in [0.1, 0.15) is 13.7 Å². The molecule has 8 aromatic carbocycles. The molecule has 0 fully saturated rings. The molecule has 4 aliphatic rings. The molecule has 0 aliphatic heterocycles. The van der Waals surface area contributed by atoms with E-state index in [1.54, 1.807) is 24.3 Å². The van der Waals surface area contributed by atoms with Crippen LogP contribution in [0.5, 0.6) is 0 Å². The van der Waals surface area contributed by atoms with Gasteiger partial charge in [-0.3, -0.25) is 0 Å². The van der Waals surface area contributed by atoms with E-state index in [1.807, 2.05) is 119 Å². The van der Waals surface area contributed by atoms with Crippen LogP contribution in [0.25, 0.3) is 43.8 Å². The maximum Gasteiger partial charge on any atom is 0.147 e. The third-order valence-corrected chi connectivity index (χ3v) is 12.5. The molecule has 304 valence electrons. The molecule has 0 radical (unpaired) electrons. The Morgan fingerprint density at radius 3 is 1.55 bits per heavy atom. The molecule has 0 aromatic heterocycles. The number of allylic oxidation sites excluding steroid dienone is 12. The Labute approximate surface area is 385 Å². The second-order valence-electron chi connectivity index (χ2n) is 16.0. The minimum Gasteiger partial charge on any atom is -0.307 e. The van der Waals surface area contributed by atoms with E-state index in [4.69, 9.17) is 13.7 Å². The van der Waals surface area contributed by atoms with Gasteiger partial charge in [-0.2, -0.15) is 0 Å². The van der Waals surface area contributed by atoms with Crippen molar-refractivity contribution in [2.24, 2.45) is 11.8 Å². The van der Waals surface area contributed by atoms with Gasteiger partial charge < -0.3 is 9.80 Å². The predicted molar refractivity (Wildman–Crippen MR) is 260 cm³/mol. The van der Waals surface area contributed by atoms with Crippen LogP contribution >= 0.6 is 0 Å². The maximum absolute atomic E-state index is 17.4. The zero-order valence-electron chi connectivity index (χ0n) is 44.0. The third-order valence-electron chi connectivity index (χ3n) is 12.5. The first-order valence-corrected chi connectivity index (χ1v) is 21.0. The van der Waals surface area contributed by atoms with Gasteiger partial charge in [0.1, 0.15) is 11.6 Å². The molecule has 4 aliphatic carbocycles. The molecular formula is C60H40F2N2. The van der Waals surface area contributed by atoms with Gasteiger partial charge in [0.25, 0.3) is 0 Å². The number of nitrogens with zero attached hydrogens (tertiary/aromatic N) is 2. The van der Waals surface area contributed by atoms with Crippen LogP contribution in [0.15, 0.2) is 264 Å². The minimum absolute atomic E-state index is 0.104. The van der Waals surface area contributed by atoms with Gasteiger partial charge in [-0.1, -0.05) is 182 Å². The Morgan fingerprint density at radius 1 is 0.422 bits per heavy atom. The van der Waals surface area contributed by atoms with Crippen molar-refractivity contribution in [1.82, 2.24) is 0 Å². The number of hydrogen-bond donors (Lipinski definition) is 0. The summed E-state index contributed by atoms with van der Waals surface area (Å²) in [5.74, 6) is -1.95. The van der Waals surface area contributed by atoms with Gasteiger partial charge in [-0.25, -0.2) is 8.78 Å². The maximum atomic E-state index is 17.4. The van der Waals surface area contributed by atoms with E-state index in [9.17, 15) is 0 Å². The highest BCUT2D eigenvalue weighted by Gasteiger charge is 2.43. The smallest absolute Gasteiger partial charge is 0.147 e. The predicted octanol–water partition coefficient (Wildman–Crippen LogP) is 15.9. The van der Waals surface area contributed by atoms with Gasteiger partial charge in [-0.15, -0.1) is 0 Å². The van der Waals surface area contributed by atoms with Crippen molar-refractivity contribution in [1.29, 1.82) is 0 Å². The first-order valence-electron chi connectivity index (χ1n) is 26.0. The lowest BCUT2D eigenvalue weighted by molar-refractivity contribution is 0.550. The molecule has 0 saturated heterocycles. The zero-order valence-corrected chi connectivity index (χ0v) is 34.0. The van der Waals surface area contributed by atoms with Crippen molar-refractivity contribution in [2.75, 3.05) is 9.80 Å². The first kappa shape index (κ1) is 28.5. The first-order chi connectivity index (χ1) is 35.7. The zero-order chi connectivity index (χ0) is 51.4. The molecule has 12 rings (SSSR count). The van der Waals surface area contributed by atoms with Gasteiger partial charge in [0.2, 0.25) is 0 Å². The summed E-state index contributed by atoms with van der Waals surface area (Å²) < 4.78 is 119. The van der Waals surface area contributed by atoms with Gasteiger partial charge in [0.05, 0.1) is 47.9 Å². The summed E-state index contributed by atoms with van der Waals surface area (Å²) in [6.45, 7) is 0. The second-order valence-corrected chi connectivity index (χ2v) is 16.0. The van der Waals surface area contributed by atoms with E-state index in [-0.39, 0.29) is 45.5 Å². The number of fused-ring (bicyclic) bond motifs is 2. The van der Waals surface area contributed by atoms with E-state index in [0.29, 0.717) is 22.8 Å². The molecule has 2 nitrogen and oxygen atoms in total. The summed E-state index contributed by atoms with van der Waals surface area (Å²) in [5, 5.41) is 3.55. The molecule has 2 unspecified atom stereocenters. The SMILES string of the molecule is [2H]c1c([2H])c([2H])c(-c2ccc(N(C3=CC=C4C=CC5=C(N(c6ccc(-c7c([2H])c([2H])c([2H])c([2H])c7[2H])cc6F)c6cccc7ccccc67)C=CC6=CC=C3C4C65)c3cccc4ccccc34)c(F)c2)c([2H])c1[2H]. The highest BCUT2D eigenvalue weighted by atomic mass is 19.1. The van der Waals surface area contributed by atoms with Crippen LogP contribution in [0.3, 0.4) is 0 Å². The average molecular weight is 837 g/mol. The van der Waals surface area contributed by atoms with Gasteiger partial charge in [-0.05, 0) is 104 Å². The normalized spacial score (nSPS) is 19.3. The van der Waals surface area contributed by atoms with E-state index in [2.05, 4.69) is 24.3 Å². The monoisotopic (exact) mass is 836 g/mol. The molecule has 0 N–H and O–H groups in total. The van der Waals surface area contributed by atoms with Crippen LogP contribution in [-0.4, -0.2) is 0 Å². The van der Waals surface area contributed by atoms with E-state index >= 15 is 8.78 Å². The minimum atomic E-state index is -0.678. The Hall–Kier alpha value is -8.08. The number of hydrogen-bond acceptors (Lipinski definition) is 2. The van der Waals surface area contributed by atoms with Crippen molar-refractivity contribution >= 4 is 44.3 Å². The Morgan fingerprint density at radius 2 is 0.938 bits per heavy atom. The molecule has 4 heteroatoms. The highest BCUT2D eigenvalue weighted by Crippen LogP contribution is 2.55. The average Bonchev–Trinajstić information content (AvgIpc) is 3.43. The molecule has 0 saturated carbocycles. The Balaban J connectivity index is 1.02. The van der Waals surface area contributed by atoms with Gasteiger partial charge in [0.15, 0.2) is 0 Å². The fraction of sp³-hybridized carbons (Fsp3) is 0.0333. The van der Waals surface area contributed by atoms with Crippen molar-refractivity contribution in [3.8, 4) is 22.3 Å². The highest BCUT2D eigenvalue weighted by molar-refractivity contribution is 5.99. The summed E-state index contributed by atoms with van der Waals surface area (Å²) in [7, 11) is 0. The van der Waals surface area contributed by atoms with E-state index in [1.165, 1.54) is 12.1 Å². The Kier molecular flexibility index (Phi) is 6.85. The summed E-state index contributed by atoms with van der Waals surface area (Å²) in [4.78, 5) is 3.77. The van der Waals surface area contributed by atoms with Crippen molar-refractivity contribution in [2.45, 2.75) is 0 Å². The lowest BCUT2D eigenvalue weighted by Gasteiger charge is -2.45. The van der Waals surface area contributed by atoms with Gasteiger partial charge in [0, 0.05) is 22.6 Å². The molecule has 0 spiro atoms. The lowest BCUT2D eigenvalue weighted by Crippen LogP contribution is -2.35. The van der Waals surface area contributed by atoms with Crippen LogP contribution in [-0.2, 0) is 0 Å². The van der Waals surface area contributed by atoms with Crippen molar-refractivity contribution in [3.63, 3.8) is 0 Å². The van der Waals surface area contributed by atoms with Crippen LogP contribution in [0, 0.1) is 23.5 Å². The lowest BCUT2D eigenvalue weighted by atomic mass is 9.63. The topological polar surface area (TPSA) is 6.48 Å². The second kappa shape index (κ2) is 15.4. The number of rotatable bonds is 8. The fourth-order valence-electron chi connectivity index (χ4n) is 9.71. The summed E-state index contributed by atoms with van der Waals surface area (Å²) >= 11 is 0. The quantitative estimate of drug-likeness (QED) is 0.150. The summed E-state index contributed by atoms with van der Waals surface area (Å²) in [6, 6.07) is 31.3. The van der Waals surface area contributed by atoms with E-state index in [0.717, 1.165) is 43.8 Å². The molecule has 8 aromatic rings. The van der Waals surface area contributed by atoms with Crippen LogP contribution < -0.4 is 9.80 Å². The van der Waals surface area contributed by atoms with Crippen LogP contribution in [0.4, 0.5) is 31.5 Å². The summed E-state index contributed by atoms with van der Waals surface area (Å²) in [5.41, 5.74) is 6.95. The number of anilines is 4. The van der Waals surface area contributed by atoms with Crippen molar-refractivity contribution in [3.05, 3.63) is 276 Å². The molecule has 0 amide bonds. The standard InChI is InChI=1S/C60H40F2N2/c61-51-37-45(39-13-3-1-4-14-39)29-35-57(51)63(53-23-11-19-41-17-7-9-21-47(41)53)55-33-27-43-26-32-50-56(34-28-44-25-31-49(55)59(43)60(44)50)64(54-24-12-20-42-18-8-10-22-48(42)54)58-36-30-46(38-52(58)62)40-15-5-2-6-16-40/h1-38,59-60H/i1D,2D,3D,4D,5D,6D,13D,14D,15D,16D. The number of benzene rings is 8. The summed E-state index contributed by atoms with van der Waals surface area (Å²) in [6.07, 6.45) is 16.3. The molecule has 2 atom stereocenters. The van der Waals surface area contributed by atoms with Crippen molar-refractivity contribution < 1.29 is 22.5 Å². The molecule has 64 heavy (non-hydrogen) atoms. The number of halogens is 2. The third kappa shape index (κ3) is 6.21. The molecular weight excluding hydrogens is 787 g/mol. The fourth-order valence-corrected chi connectivity index (χ4v) is 9.71. The Bertz CT molecular complexity index is 3970. The molecule has 0 bridgehead atoms. The van der Waals surface area contributed by atoms with Crippen LogP contribution in [0.2, 0.25) is 0 Å².